The summed E-state index contributed by atoms with van der Waals surface area (Å²) in [5.41, 5.74) is 5.41. The smallest absolute Gasteiger partial charge is 0.162 e. The van der Waals surface area contributed by atoms with Gasteiger partial charge >= 0.3 is 0 Å². The highest BCUT2D eigenvalue weighted by molar-refractivity contribution is 5.55. The Morgan fingerprint density at radius 1 is 0.510 bits per heavy atom. The standard InChI is InChI=1S/C44H40O7/c1-46-44-41-39(50-30-34-20-12-5-13-21-34)25-36(47-27-31-14-6-2-7-15-31)26-40(41)51-43(42(44)45)35-22-23-37(48-28-32-16-8-3-9-17-32)38(24-35)49-29-33-18-10-4-11-19-33/h2-26,42-45H,27-30H2,1H3/t42-,43-,44+/m1/s1. The van der Waals surface area contributed by atoms with E-state index in [2.05, 4.69) is 0 Å². The van der Waals surface area contributed by atoms with Crippen LogP contribution in [0.3, 0.4) is 0 Å². The molecule has 0 unspecified atom stereocenters. The summed E-state index contributed by atoms with van der Waals surface area (Å²) in [6.07, 6.45) is -2.62. The van der Waals surface area contributed by atoms with E-state index in [0.717, 1.165) is 22.3 Å². The second-order valence-electron chi connectivity index (χ2n) is 12.3. The first-order valence-corrected chi connectivity index (χ1v) is 17.0. The van der Waals surface area contributed by atoms with Gasteiger partial charge in [0.25, 0.3) is 0 Å². The Labute approximate surface area is 298 Å². The van der Waals surface area contributed by atoms with E-state index in [1.807, 2.05) is 152 Å². The summed E-state index contributed by atoms with van der Waals surface area (Å²) in [7, 11) is 1.58. The molecule has 51 heavy (non-hydrogen) atoms. The van der Waals surface area contributed by atoms with Crippen LogP contribution in [0.25, 0.3) is 0 Å². The molecule has 0 fully saturated rings. The minimum absolute atomic E-state index is 0.317. The zero-order chi connectivity index (χ0) is 34.8. The van der Waals surface area contributed by atoms with Crippen molar-refractivity contribution >= 4 is 0 Å². The summed E-state index contributed by atoms with van der Waals surface area (Å²) >= 11 is 0. The Kier molecular flexibility index (Phi) is 10.8. The van der Waals surface area contributed by atoms with Crippen LogP contribution in [0.2, 0.25) is 0 Å². The molecule has 0 saturated carbocycles. The summed E-state index contributed by atoms with van der Waals surface area (Å²) in [6, 6.07) is 49.1. The van der Waals surface area contributed by atoms with Gasteiger partial charge in [0.2, 0.25) is 0 Å². The van der Waals surface area contributed by atoms with Crippen LogP contribution in [0, 0.1) is 0 Å². The van der Waals surface area contributed by atoms with Crippen molar-refractivity contribution in [1.82, 2.24) is 0 Å². The van der Waals surface area contributed by atoms with Crippen LogP contribution < -0.4 is 23.7 Å². The van der Waals surface area contributed by atoms with Gasteiger partial charge in [-0.1, -0.05) is 127 Å². The first-order chi connectivity index (χ1) is 25.1. The van der Waals surface area contributed by atoms with Gasteiger partial charge < -0.3 is 33.5 Å². The number of hydrogen-bond acceptors (Lipinski definition) is 7. The summed E-state index contributed by atoms with van der Waals surface area (Å²) in [4.78, 5) is 0. The molecule has 0 spiro atoms. The number of rotatable bonds is 14. The third-order valence-corrected chi connectivity index (χ3v) is 8.75. The van der Waals surface area contributed by atoms with Gasteiger partial charge in [-0.2, -0.15) is 0 Å². The van der Waals surface area contributed by atoms with E-state index in [-0.39, 0.29) is 0 Å². The van der Waals surface area contributed by atoms with Crippen molar-refractivity contribution in [2.75, 3.05) is 7.11 Å². The lowest BCUT2D eigenvalue weighted by Crippen LogP contribution is -2.35. The zero-order valence-corrected chi connectivity index (χ0v) is 28.4. The number of aliphatic hydroxyl groups excluding tert-OH is 1. The average molecular weight is 681 g/mol. The second kappa shape index (κ2) is 16.3. The predicted octanol–water partition coefficient (Wildman–Crippen LogP) is 9.18. The maximum Gasteiger partial charge on any atom is 0.162 e. The molecular formula is C44H40O7. The molecule has 6 aromatic rings. The van der Waals surface area contributed by atoms with Crippen molar-refractivity contribution < 1.29 is 33.5 Å². The lowest BCUT2D eigenvalue weighted by molar-refractivity contribution is -0.0882. The summed E-state index contributed by atoms with van der Waals surface area (Å²) in [5.74, 6) is 2.71. The van der Waals surface area contributed by atoms with E-state index in [1.54, 1.807) is 7.11 Å². The molecule has 1 aliphatic heterocycles. The molecular weight excluding hydrogens is 640 g/mol. The van der Waals surface area contributed by atoms with Crippen molar-refractivity contribution in [1.29, 1.82) is 0 Å². The Morgan fingerprint density at radius 2 is 0.980 bits per heavy atom. The maximum absolute atomic E-state index is 11.9. The van der Waals surface area contributed by atoms with Gasteiger partial charge in [0.05, 0.1) is 5.56 Å². The number of benzene rings is 6. The molecule has 7 rings (SSSR count). The van der Waals surface area contributed by atoms with E-state index in [0.29, 0.717) is 66.3 Å². The number of methoxy groups -OCH3 is 1. The average Bonchev–Trinajstić information content (AvgIpc) is 3.19. The highest BCUT2D eigenvalue weighted by Gasteiger charge is 2.41. The fourth-order valence-corrected chi connectivity index (χ4v) is 6.10. The molecule has 0 aromatic heterocycles. The topological polar surface area (TPSA) is 75.6 Å². The van der Waals surface area contributed by atoms with E-state index in [4.69, 9.17) is 28.4 Å². The quantitative estimate of drug-likeness (QED) is 0.123. The van der Waals surface area contributed by atoms with E-state index >= 15 is 0 Å². The van der Waals surface area contributed by atoms with Gasteiger partial charge in [-0.3, -0.25) is 0 Å². The van der Waals surface area contributed by atoms with Crippen LogP contribution in [0.1, 0.15) is 45.6 Å². The normalized spacial score (nSPS) is 16.4. The molecule has 1 N–H and O–H groups in total. The molecule has 0 amide bonds. The minimum atomic E-state index is -1.07. The monoisotopic (exact) mass is 680 g/mol. The van der Waals surface area contributed by atoms with E-state index < -0.39 is 18.3 Å². The van der Waals surface area contributed by atoms with Crippen LogP contribution in [0.5, 0.6) is 28.7 Å². The fourth-order valence-electron chi connectivity index (χ4n) is 6.10. The number of fused-ring (bicyclic) bond motifs is 1. The van der Waals surface area contributed by atoms with Crippen molar-refractivity contribution in [3.8, 4) is 28.7 Å². The molecule has 0 saturated heterocycles. The van der Waals surface area contributed by atoms with Gasteiger partial charge in [0.1, 0.15) is 55.9 Å². The predicted molar refractivity (Wildman–Crippen MR) is 195 cm³/mol. The molecule has 7 nitrogen and oxygen atoms in total. The highest BCUT2D eigenvalue weighted by atomic mass is 16.5. The lowest BCUT2D eigenvalue weighted by Gasteiger charge is -2.37. The first kappa shape index (κ1) is 33.7. The Hall–Kier alpha value is -5.76. The molecule has 7 heteroatoms. The third kappa shape index (κ3) is 8.35. The molecule has 0 bridgehead atoms. The molecule has 1 heterocycles. The van der Waals surface area contributed by atoms with Crippen molar-refractivity contribution in [2.45, 2.75) is 44.7 Å². The molecule has 258 valence electrons. The second-order valence-corrected chi connectivity index (χ2v) is 12.3. The lowest BCUT2D eigenvalue weighted by atomic mass is 9.91. The molecule has 3 atom stereocenters. The minimum Gasteiger partial charge on any atom is -0.489 e. The number of aliphatic hydroxyl groups is 1. The number of hydrogen-bond donors (Lipinski definition) is 1. The number of ether oxygens (including phenoxy) is 6. The van der Waals surface area contributed by atoms with Crippen molar-refractivity contribution in [3.63, 3.8) is 0 Å². The van der Waals surface area contributed by atoms with Gasteiger partial charge in [-0.15, -0.1) is 0 Å². The van der Waals surface area contributed by atoms with Crippen molar-refractivity contribution in [2.24, 2.45) is 0 Å². The van der Waals surface area contributed by atoms with E-state index in [1.165, 1.54) is 0 Å². The van der Waals surface area contributed by atoms with Crippen LogP contribution in [0.4, 0.5) is 0 Å². The summed E-state index contributed by atoms with van der Waals surface area (Å²) < 4.78 is 37.9. The molecule has 0 radical (unpaired) electrons. The van der Waals surface area contributed by atoms with Gasteiger partial charge in [0, 0.05) is 19.2 Å². The highest BCUT2D eigenvalue weighted by Crippen LogP contribution is 2.49. The summed E-state index contributed by atoms with van der Waals surface area (Å²) in [5, 5.41) is 11.9. The maximum atomic E-state index is 11.9. The Balaban J connectivity index is 1.21. The van der Waals surface area contributed by atoms with E-state index in [9.17, 15) is 5.11 Å². The first-order valence-electron chi connectivity index (χ1n) is 17.0. The van der Waals surface area contributed by atoms with Gasteiger partial charge in [-0.05, 0) is 39.9 Å². The van der Waals surface area contributed by atoms with Crippen LogP contribution >= 0.6 is 0 Å². The van der Waals surface area contributed by atoms with Gasteiger partial charge in [0.15, 0.2) is 17.6 Å². The van der Waals surface area contributed by atoms with Gasteiger partial charge in [-0.25, -0.2) is 0 Å². The molecule has 1 aliphatic rings. The SMILES string of the molecule is CO[C@H]1c2c(OCc3ccccc3)cc(OCc3ccccc3)cc2O[C@H](c2ccc(OCc3ccccc3)c(OCc3ccccc3)c2)[C@H]1O. The summed E-state index contributed by atoms with van der Waals surface area (Å²) in [6.45, 7) is 1.40. The molecule has 6 aromatic carbocycles. The van der Waals surface area contributed by atoms with Crippen molar-refractivity contribution in [3.05, 3.63) is 185 Å². The van der Waals surface area contributed by atoms with Crippen LogP contribution in [-0.4, -0.2) is 18.3 Å². The Morgan fingerprint density at radius 3 is 1.49 bits per heavy atom. The van der Waals surface area contributed by atoms with Crippen LogP contribution in [-0.2, 0) is 31.2 Å². The zero-order valence-electron chi connectivity index (χ0n) is 28.4. The fraction of sp³-hybridized carbons (Fsp3) is 0.182. The van der Waals surface area contributed by atoms with Crippen LogP contribution in [0.15, 0.2) is 152 Å². The molecule has 0 aliphatic carbocycles. The third-order valence-electron chi connectivity index (χ3n) is 8.75. The Bertz CT molecular complexity index is 1990. The largest absolute Gasteiger partial charge is 0.489 e.